The first-order valence-corrected chi connectivity index (χ1v) is 4.76. The summed E-state index contributed by atoms with van der Waals surface area (Å²) in [6.07, 6.45) is 6.34. The third kappa shape index (κ3) is 2.36. The van der Waals surface area contributed by atoms with Crippen LogP contribution < -0.4 is 0 Å². The summed E-state index contributed by atoms with van der Waals surface area (Å²) < 4.78 is 0. The van der Waals surface area contributed by atoms with Gasteiger partial charge in [-0.3, -0.25) is 4.79 Å². The zero-order valence-corrected chi connectivity index (χ0v) is 8.42. The molecule has 0 radical (unpaired) electrons. The van der Waals surface area contributed by atoms with Crippen LogP contribution in [0.3, 0.4) is 0 Å². The zero-order valence-electron chi connectivity index (χ0n) is 8.42. The summed E-state index contributed by atoms with van der Waals surface area (Å²) in [5, 5.41) is 9.07. The number of phenols is 1. The van der Waals surface area contributed by atoms with Gasteiger partial charge in [-0.25, -0.2) is 4.98 Å². The van der Waals surface area contributed by atoms with E-state index in [0.717, 1.165) is 0 Å². The number of nitrogens with zero attached hydrogens (tertiary/aromatic N) is 1. The molecule has 2 aromatic rings. The topological polar surface area (TPSA) is 66.0 Å². The number of ketones is 1. The summed E-state index contributed by atoms with van der Waals surface area (Å²) in [5.74, 6) is 0.648. The van der Waals surface area contributed by atoms with Crippen LogP contribution >= 0.6 is 0 Å². The lowest BCUT2D eigenvalue weighted by atomic mass is 10.1. The first-order chi connectivity index (χ1) is 7.75. The number of rotatable bonds is 3. The molecule has 0 aliphatic heterocycles. The van der Waals surface area contributed by atoms with E-state index < -0.39 is 0 Å². The van der Waals surface area contributed by atoms with E-state index >= 15 is 0 Å². The number of carbonyl (C=O) groups excluding carboxylic acids is 1. The van der Waals surface area contributed by atoms with Crippen LogP contribution in [-0.2, 0) is 0 Å². The SMILES string of the molecule is O=C(C=Cc1ncc[nH]1)c1ccc(O)cc1. The molecule has 0 bridgehead atoms. The second-order valence-electron chi connectivity index (χ2n) is 3.22. The van der Waals surface area contributed by atoms with Crippen molar-refractivity contribution in [1.29, 1.82) is 0 Å². The van der Waals surface area contributed by atoms with Crippen molar-refractivity contribution >= 4 is 11.9 Å². The maximum Gasteiger partial charge on any atom is 0.185 e. The smallest absolute Gasteiger partial charge is 0.185 e. The van der Waals surface area contributed by atoms with Crippen molar-refractivity contribution in [3.05, 3.63) is 54.1 Å². The molecular weight excluding hydrogens is 204 g/mol. The minimum atomic E-state index is -0.128. The van der Waals surface area contributed by atoms with E-state index in [4.69, 9.17) is 5.11 Å². The molecule has 0 saturated carbocycles. The van der Waals surface area contributed by atoms with Crippen LogP contribution in [0.25, 0.3) is 6.08 Å². The Balaban J connectivity index is 2.11. The van der Waals surface area contributed by atoms with Crippen LogP contribution in [-0.4, -0.2) is 20.9 Å². The molecule has 0 atom stereocenters. The van der Waals surface area contributed by atoms with E-state index in [1.54, 1.807) is 30.6 Å². The van der Waals surface area contributed by atoms with Crippen LogP contribution in [0.2, 0.25) is 0 Å². The minimum Gasteiger partial charge on any atom is -0.508 e. The molecule has 16 heavy (non-hydrogen) atoms. The van der Waals surface area contributed by atoms with Gasteiger partial charge < -0.3 is 10.1 Å². The lowest BCUT2D eigenvalue weighted by Gasteiger charge is -1.95. The van der Waals surface area contributed by atoms with Gasteiger partial charge in [-0.15, -0.1) is 0 Å². The molecule has 0 aliphatic carbocycles. The molecular formula is C12H10N2O2. The number of imidazole rings is 1. The van der Waals surface area contributed by atoms with E-state index in [1.807, 2.05) is 0 Å². The predicted octanol–water partition coefficient (Wildman–Crippen LogP) is 2.01. The van der Waals surface area contributed by atoms with Crippen molar-refractivity contribution in [3.63, 3.8) is 0 Å². The average Bonchev–Trinajstić information content (AvgIpc) is 2.80. The maximum atomic E-state index is 11.6. The molecule has 0 aliphatic rings. The Kier molecular flexibility index (Phi) is 2.82. The highest BCUT2D eigenvalue weighted by Gasteiger charge is 2.01. The maximum absolute atomic E-state index is 11.6. The molecule has 80 valence electrons. The molecule has 0 spiro atoms. The Morgan fingerprint density at radius 2 is 2.06 bits per heavy atom. The predicted molar refractivity (Wildman–Crippen MR) is 60.1 cm³/mol. The van der Waals surface area contributed by atoms with Gasteiger partial charge in [-0.1, -0.05) is 0 Å². The number of carbonyl (C=O) groups is 1. The van der Waals surface area contributed by atoms with Gasteiger partial charge >= 0.3 is 0 Å². The molecule has 1 aromatic carbocycles. The van der Waals surface area contributed by atoms with Crippen LogP contribution in [0.5, 0.6) is 5.75 Å². The summed E-state index contributed by atoms with van der Waals surface area (Å²) in [7, 11) is 0. The third-order valence-corrected chi connectivity index (χ3v) is 2.06. The summed E-state index contributed by atoms with van der Waals surface area (Å²) >= 11 is 0. The van der Waals surface area contributed by atoms with Crippen LogP contribution in [0.4, 0.5) is 0 Å². The molecule has 2 N–H and O–H groups in total. The molecule has 0 unspecified atom stereocenters. The van der Waals surface area contributed by atoms with Crippen molar-refractivity contribution in [2.75, 3.05) is 0 Å². The lowest BCUT2D eigenvalue weighted by Crippen LogP contribution is -1.93. The van der Waals surface area contributed by atoms with Crippen molar-refractivity contribution < 1.29 is 9.90 Å². The number of benzene rings is 1. The second-order valence-corrected chi connectivity index (χ2v) is 3.22. The minimum absolute atomic E-state index is 0.128. The van der Waals surface area contributed by atoms with Crippen molar-refractivity contribution in [3.8, 4) is 5.75 Å². The number of allylic oxidation sites excluding steroid dienone is 1. The van der Waals surface area contributed by atoms with Crippen LogP contribution in [0, 0.1) is 0 Å². The van der Waals surface area contributed by atoms with Gasteiger partial charge in [0.2, 0.25) is 0 Å². The highest BCUT2D eigenvalue weighted by Crippen LogP contribution is 2.10. The fourth-order valence-corrected chi connectivity index (χ4v) is 1.25. The Morgan fingerprint density at radius 3 is 2.69 bits per heavy atom. The van der Waals surface area contributed by atoms with Crippen molar-refractivity contribution in [2.45, 2.75) is 0 Å². The number of nitrogens with one attached hydrogen (secondary N) is 1. The van der Waals surface area contributed by atoms with Gasteiger partial charge in [0, 0.05) is 18.0 Å². The van der Waals surface area contributed by atoms with E-state index in [0.29, 0.717) is 11.4 Å². The zero-order chi connectivity index (χ0) is 11.4. The second kappa shape index (κ2) is 4.44. The van der Waals surface area contributed by atoms with Gasteiger partial charge in [-0.05, 0) is 36.4 Å². The van der Waals surface area contributed by atoms with Crippen molar-refractivity contribution in [2.24, 2.45) is 0 Å². The summed E-state index contributed by atoms with van der Waals surface area (Å²) in [6, 6.07) is 6.11. The summed E-state index contributed by atoms with van der Waals surface area (Å²) in [4.78, 5) is 18.5. The average molecular weight is 214 g/mol. The fourth-order valence-electron chi connectivity index (χ4n) is 1.25. The quantitative estimate of drug-likeness (QED) is 0.606. The number of hydrogen-bond acceptors (Lipinski definition) is 3. The molecule has 4 heteroatoms. The van der Waals surface area contributed by atoms with Gasteiger partial charge in [0.1, 0.15) is 11.6 Å². The number of H-pyrrole nitrogens is 1. The van der Waals surface area contributed by atoms with Gasteiger partial charge in [0.15, 0.2) is 5.78 Å². The highest BCUT2D eigenvalue weighted by molar-refractivity contribution is 6.06. The Bertz CT molecular complexity index is 498. The van der Waals surface area contributed by atoms with Crippen LogP contribution in [0.15, 0.2) is 42.7 Å². The van der Waals surface area contributed by atoms with E-state index in [9.17, 15) is 4.79 Å². The number of hydrogen-bond donors (Lipinski definition) is 2. The van der Waals surface area contributed by atoms with E-state index in [1.165, 1.54) is 18.2 Å². The van der Waals surface area contributed by atoms with Gasteiger partial charge in [0.25, 0.3) is 0 Å². The highest BCUT2D eigenvalue weighted by atomic mass is 16.3. The number of aromatic hydroxyl groups is 1. The molecule has 2 rings (SSSR count). The van der Waals surface area contributed by atoms with E-state index in [2.05, 4.69) is 9.97 Å². The lowest BCUT2D eigenvalue weighted by molar-refractivity contribution is 0.104. The first-order valence-electron chi connectivity index (χ1n) is 4.76. The van der Waals surface area contributed by atoms with Crippen molar-refractivity contribution in [1.82, 2.24) is 9.97 Å². The number of aromatic nitrogens is 2. The largest absolute Gasteiger partial charge is 0.508 e. The van der Waals surface area contributed by atoms with Crippen LogP contribution in [0.1, 0.15) is 16.2 Å². The first kappa shape index (κ1) is 10.2. The number of phenolic OH excluding ortho intramolecular Hbond substituents is 1. The Labute approximate surface area is 92.3 Å². The molecule has 1 aromatic heterocycles. The Hall–Kier alpha value is -2.36. The fraction of sp³-hybridized carbons (Fsp3) is 0. The standard InChI is InChI=1S/C12H10N2O2/c15-10-3-1-9(2-4-10)11(16)5-6-12-13-7-8-14-12/h1-8,15H,(H,13,14). The van der Waals surface area contributed by atoms with E-state index in [-0.39, 0.29) is 11.5 Å². The number of aromatic amines is 1. The van der Waals surface area contributed by atoms with Gasteiger partial charge in [-0.2, -0.15) is 0 Å². The van der Waals surface area contributed by atoms with Gasteiger partial charge in [0.05, 0.1) is 0 Å². The molecule has 4 nitrogen and oxygen atoms in total. The summed E-state index contributed by atoms with van der Waals surface area (Å²) in [5.41, 5.74) is 0.528. The molecule has 0 fully saturated rings. The molecule has 0 amide bonds. The molecule has 1 heterocycles. The molecule has 0 saturated heterocycles. The monoisotopic (exact) mass is 214 g/mol. The Morgan fingerprint density at radius 1 is 1.31 bits per heavy atom. The normalized spacial score (nSPS) is 10.8. The summed E-state index contributed by atoms with van der Waals surface area (Å²) in [6.45, 7) is 0. The third-order valence-electron chi connectivity index (χ3n) is 2.06.